The fraction of sp³-hybridized carbons (Fsp3) is 0.533. The van der Waals surface area contributed by atoms with Crippen LogP contribution in [0.1, 0.15) is 32.8 Å². The quantitative estimate of drug-likeness (QED) is 0.921. The lowest BCUT2D eigenvalue weighted by Gasteiger charge is -2.40. The largest absolute Gasteiger partial charge is 0.494 e. The molecule has 0 spiro atoms. The molecule has 0 fully saturated rings. The first-order chi connectivity index (χ1) is 9.43. The highest BCUT2D eigenvalue weighted by atomic mass is 19.1. The number of nitrogens with zero attached hydrogens (tertiary/aromatic N) is 2. The van der Waals surface area contributed by atoms with E-state index in [-0.39, 0.29) is 17.6 Å². The number of ether oxygens (including phenoxy) is 1. The summed E-state index contributed by atoms with van der Waals surface area (Å²) < 4.78 is 18.9. The van der Waals surface area contributed by atoms with Crippen LogP contribution in [-0.2, 0) is 5.54 Å². The lowest BCUT2D eigenvalue weighted by Crippen LogP contribution is -2.51. The van der Waals surface area contributed by atoms with Crippen molar-refractivity contribution in [2.24, 2.45) is 10.7 Å². The third-order valence-corrected chi connectivity index (χ3v) is 4.13. The zero-order chi connectivity index (χ0) is 14.9. The first-order valence-electron chi connectivity index (χ1n) is 6.87. The van der Waals surface area contributed by atoms with Crippen LogP contribution in [0, 0.1) is 5.82 Å². The Morgan fingerprint density at radius 2 is 2.25 bits per heavy atom. The van der Waals surface area contributed by atoms with Crippen LogP contribution in [0.4, 0.5) is 4.39 Å². The van der Waals surface area contributed by atoms with Gasteiger partial charge in [0.1, 0.15) is 0 Å². The predicted molar refractivity (Wildman–Crippen MR) is 78.4 cm³/mol. The lowest BCUT2D eigenvalue weighted by molar-refractivity contribution is 0.171. The maximum absolute atomic E-state index is 14.0. The maximum Gasteiger partial charge on any atom is 0.192 e. The molecule has 2 N–H and O–H groups in total. The first kappa shape index (κ1) is 14.6. The number of guanidine groups is 1. The topological polar surface area (TPSA) is 50.8 Å². The third kappa shape index (κ3) is 2.21. The third-order valence-electron chi connectivity index (χ3n) is 4.13. The van der Waals surface area contributed by atoms with E-state index in [0.29, 0.717) is 12.5 Å². The Bertz CT molecular complexity index is 532. The van der Waals surface area contributed by atoms with Crippen LogP contribution in [0.15, 0.2) is 23.2 Å². The van der Waals surface area contributed by atoms with E-state index in [4.69, 9.17) is 10.5 Å². The summed E-state index contributed by atoms with van der Waals surface area (Å²) in [6.45, 7) is 6.79. The van der Waals surface area contributed by atoms with Crippen molar-refractivity contribution in [1.29, 1.82) is 0 Å². The van der Waals surface area contributed by atoms with E-state index in [0.717, 1.165) is 12.0 Å². The number of rotatable bonds is 4. The summed E-state index contributed by atoms with van der Waals surface area (Å²) in [4.78, 5) is 6.43. The van der Waals surface area contributed by atoms with Crippen molar-refractivity contribution in [2.45, 2.75) is 38.8 Å². The van der Waals surface area contributed by atoms with Gasteiger partial charge in [-0.25, -0.2) is 4.39 Å². The molecule has 0 radical (unpaired) electrons. The van der Waals surface area contributed by atoms with Gasteiger partial charge in [-0.05, 0) is 38.0 Å². The van der Waals surface area contributed by atoms with Gasteiger partial charge in [-0.1, -0.05) is 13.0 Å². The van der Waals surface area contributed by atoms with Crippen molar-refractivity contribution in [3.8, 4) is 5.75 Å². The van der Waals surface area contributed by atoms with Gasteiger partial charge in [0, 0.05) is 6.04 Å². The molecule has 2 rings (SSSR count). The van der Waals surface area contributed by atoms with Gasteiger partial charge in [0.05, 0.1) is 19.2 Å². The normalized spacial score (nSPS) is 23.6. The molecule has 1 aromatic carbocycles. The summed E-state index contributed by atoms with van der Waals surface area (Å²) >= 11 is 0. The molecule has 0 bridgehead atoms. The lowest BCUT2D eigenvalue weighted by atomic mass is 9.89. The molecule has 0 saturated carbocycles. The van der Waals surface area contributed by atoms with Crippen LogP contribution in [-0.4, -0.2) is 30.6 Å². The molecule has 0 aliphatic carbocycles. The summed E-state index contributed by atoms with van der Waals surface area (Å²) in [5.41, 5.74) is 6.47. The fourth-order valence-electron chi connectivity index (χ4n) is 2.77. The van der Waals surface area contributed by atoms with E-state index < -0.39 is 5.54 Å². The number of halogens is 1. The molecule has 0 aromatic heterocycles. The average molecular weight is 279 g/mol. The molecule has 110 valence electrons. The molecule has 1 aromatic rings. The summed E-state index contributed by atoms with van der Waals surface area (Å²) in [7, 11) is 1.46. The second-order valence-corrected chi connectivity index (χ2v) is 5.42. The maximum atomic E-state index is 14.0. The molecule has 2 atom stereocenters. The molecule has 1 heterocycles. The van der Waals surface area contributed by atoms with E-state index in [1.165, 1.54) is 13.2 Å². The molecule has 1 aliphatic heterocycles. The van der Waals surface area contributed by atoms with Gasteiger partial charge in [-0.3, -0.25) is 4.99 Å². The summed E-state index contributed by atoms with van der Waals surface area (Å²) in [6, 6.07) is 5.30. The van der Waals surface area contributed by atoms with E-state index in [2.05, 4.69) is 23.7 Å². The van der Waals surface area contributed by atoms with E-state index in [9.17, 15) is 4.39 Å². The smallest absolute Gasteiger partial charge is 0.192 e. The fourth-order valence-corrected chi connectivity index (χ4v) is 2.77. The number of hydrogen-bond acceptors (Lipinski definition) is 4. The van der Waals surface area contributed by atoms with Gasteiger partial charge >= 0.3 is 0 Å². The summed E-state index contributed by atoms with van der Waals surface area (Å²) in [5.74, 6) is 0.415. The minimum absolute atomic E-state index is 0.247. The summed E-state index contributed by atoms with van der Waals surface area (Å²) in [6.07, 6.45) is 0.949. The monoisotopic (exact) mass is 279 g/mol. The SMILES string of the molecule is CCC(C)N1C(N)=NCC1(C)c1ccc(OC)c(F)c1. The van der Waals surface area contributed by atoms with Gasteiger partial charge in [0.2, 0.25) is 0 Å². The van der Waals surface area contributed by atoms with Crippen molar-refractivity contribution in [3.05, 3.63) is 29.6 Å². The van der Waals surface area contributed by atoms with Crippen molar-refractivity contribution in [1.82, 2.24) is 4.90 Å². The van der Waals surface area contributed by atoms with E-state index in [1.54, 1.807) is 6.07 Å². The Balaban J connectivity index is 2.42. The molecular formula is C15H22FN3O. The Hall–Kier alpha value is -1.78. The molecule has 0 saturated heterocycles. The van der Waals surface area contributed by atoms with Crippen molar-refractivity contribution in [3.63, 3.8) is 0 Å². The highest BCUT2D eigenvalue weighted by molar-refractivity contribution is 5.81. The van der Waals surface area contributed by atoms with Crippen molar-refractivity contribution >= 4 is 5.96 Å². The number of benzene rings is 1. The molecule has 1 aliphatic rings. The zero-order valence-corrected chi connectivity index (χ0v) is 12.5. The molecule has 20 heavy (non-hydrogen) atoms. The molecular weight excluding hydrogens is 257 g/mol. The summed E-state index contributed by atoms with van der Waals surface area (Å²) in [5, 5.41) is 0. The Labute approximate surface area is 119 Å². The highest BCUT2D eigenvalue weighted by Gasteiger charge is 2.41. The van der Waals surface area contributed by atoms with Gasteiger partial charge in [0.25, 0.3) is 0 Å². The van der Waals surface area contributed by atoms with Crippen LogP contribution in [0.25, 0.3) is 0 Å². The minimum atomic E-state index is -0.410. The second kappa shape index (κ2) is 5.31. The predicted octanol–water partition coefficient (Wildman–Crippen LogP) is 2.48. The van der Waals surface area contributed by atoms with Crippen LogP contribution < -0.4 is 10.5 Å². The Morgan fingerprint density at radius 1 is 1.55 bits per heavy atom. The van der Waals surface area contributed by atoms with Gasteiger partial charge in [-0.15, -0.1) is 0 Å². The molecule has 2 unspecified atom stereocenters. The van der Waals surface area contributed by atoms with Gasteiger partial charge in [0.15, 0.2) is 17.5 Å². The molecule has 4 nitrogen and oxygen atoms in total. The van der Waals surface area contributed by atoms with Crippen molar-refractivity contribution < 1.29 is 9.13 Å². The van der Waals surface area contributed by atoms with Crippen LogP contribution in [0.5, 0.6) is 5.75 Å². The van der Waals surface area contributed by atoms with Crippen LogP contribution in [0.3, 0.4) is 0 Å². The highest BCUT2D eigenvalue weighted by Crippen LogP contribution is 2.36. The van der Waals surface area contributed by atoms with Crippen molar-refractivity contribution in [2.75, 3.05) is 13.7 Å². The number of hydrogen-bond donors (Lipinski definition) is 1. The molecule has 5 heteroatoms. The van der Waals surface area contributed by atoms with Gasteiger partial charge in [-0.2, -0.15) is 0 Å². The Morgan fingerprint density at radius 3 is 2.80 bits per heavy atom. The standard InChI is InChI=1S/C15H22FN3O/c1-5-10(2)19-14(17)18-9-15(19,3)11-6-7-13(20-4)12(16)8-11/h6-8,10H,5,9H2,1-4H3,(H2,17,18). The first-order valence-corrected chi connectivity index (χ1v) is 6.87. The number of aliphatic imine (C=N–C) groups is 1. The Kier molecular flexibility index (Phi) is 3.88. The number of methoxy groups -OCH3 is 1. The van der Waals surface area contributed by atoms with E-state index in [1.807, 2.05) is 13.0 Å². The van der Waals surface area contributed by atoms with Gasteiger partial charge < -0.3 is 15.4 Å². The molecule has 0 amide bonds. The van der Waals surface area contributed by atoms with Crippen LogP contribution >= 0.6 is 0 Å². The average Bonchev–Trinajstić information content (AvgIpc) is 2.75. The minimum Gasteiger partial charge on any atom is -0.494 e. The van der Waals surface area contributed by atoms with Crippen LogP contribution in [0.2, 0.25) is 0 Å². The van der Waals surface area contributed by atoms with E-state index >= 15 is 0 Å². The second-order valence-electron chi connectivity index (χ2n) is 5.42. The zero-order valence-electron chi connectivity index (χ0n) is 12.5. The number of nitrogens with two attached hydrogens (primary N) is 1.